The molecular weight excluding hydrogens is 429 g/mol. The van der Waals surface area contributed by atoms with Gasteiger partial charge in [-0.3, -0.25) is 0 Å². The Labute approximate surface area is 131 Å². The second-order valence-electron chi connectivity index (χ2n) is 4.71. The molecule has 0 N–H and O–H groups in total. The van der Waals surface area contributed by atoms with Gasteiger partial charge in [-0.05, 0) is 0 Å². The fourth-order valence-electron chi connectivity index (χ4n) is 2.54. The van der Waals surface area contributed by atoms with E-state index in [-0.39, 0.29) is 0 Å². The zero-order valence-corrected chi connectivity index (χ0v) is 19.3. The Morgan fingerprint density at radius 1 is 0.381 bits per heavy atom. The highest BCUT2D eigenvalue weighted by Gasteiger charge is 2.74. The van der Waals surface area contributed by atoms with Crippen LogP contribution in [-0.4, -0.2) is 80.8 Å². The molecule has 5 aliphatic rings. The van der Waals surface area contributed by atoms with E-state index in [2.05, 4.69) is 0 Å². The number of fused-ring (bicyclic) bond motifs is 6. The first-order valence-electron chi connectivity index (χ1n) is 6.17. The molecule has 5 fully saturated rings. The average molecular weight is 437 g/mol. The Bertz CT molecular complexity index is 436. The molecule has 5 aliphatic heterocycles. The van der Waals surface area contributed by atoms with Crippen LogP contribution in [0.15, 0.2) is 0 Å². The summed E-state index contributed by atoms with van der Waals surface area (Å²) < 4.78 is 70.1. The van der Waals surface area contributed by atoms with E-state index in [0.29, 0.717) is 0 Å². The van der Waals surface area contributed by atoms with E-state index in [4.69, 9.17) is 50.0 Å². The minimum atomic E-state index is -2.54. The minimum absolute atomic E-state index is 0.992. The molecule has 12 nitrogen and oxygen atoms in total. The third-order valence-corrected chi connectivity index (χ3v) is 27.4. The van der Waals surface area contributed by atoms with Crippen LogP contribution in [0.4, 0.5) is 0 Å². The Morgan fingerprint density at radius 2 is 0.762 bits per heavy atom. The van der Waals surface area contributed by atoms with Crippen molar-refractivity contribution in [1.29, 1.82) is 0 Å². The molecular formula is CH8O12Si8. The lowest BCUT2D eigenvalue weighted by Gasteiger charge is -2.48. The average Bonchev–Trinajstić information content (AvgIpc) is 2.51. The summed E-state index contributed by atoms with van der Waals surface area (Å²) in [4.78, 5) is 0. The highest BCUT2D eigenvalue weighted by Crippen LogP contribution is 2.42. The van der Waals surface area contributed by atoms with Gasteiger partial charge in [0.1, 0.15) is 0 Å². The zero-order chi connectivity index (χ0) is 13.6. The van der Waals surface area contributed by atoms with Gasteiger partial charge in [0.05, 0.1) is 0 Å². The van der Waals surface area contributed by atoms with Crippen molar-refractivity contribution in [2.24, 2.45) is 0 Å². The molecule has 0 aromatic heterocycles. The molecule has 116 valence electrons. The third kappa shape index (κ3) is 1.97. The summed E-state index contributed by atoms with van der Waals surface area (Å²) in [5.41, 5.74) is 0. The summed E-state index contributed by atoms with van der Waals surface area (Å²) >= 11 is 0. The third-order valence-electron chi connectivity index (χ3n) is 3.49. The molecule has 0 aromatic rings. The molecule has 0 aliphatic carbocycles. The van der Waals surface area contributed by atoms with Crippen molar-refractivity contribution in [2.45, 2.75) is 5.03 Å². The van der Waals surface area contributed by atoms with Crippen molar-refractivity contribution < 1.29 is 50.0 Å². The molecule has 20 heteroatoms. The lowest BCUT2D eigenvalue weighted by atomic mass is 11.4. The summed E-state index contributed by atoms with van der Waals surface area (Å²) in [6.07, 6.45) is 0. The second-order valence-corrected chi connectivity index (χ2v) is 23.1. The maximum absolute atomic E-state index is 6.04. The van der Waals surface area contributed by atoms with E-state index in [1.54, 1.807) is 0 Å². The topological polar surface area (TPSA) is 111 Å². The Balaban J connectivity index is 1.54. The molecule has 5 heterocycles. The standard InChI is InChI=1S/CH8O12Si8/c2-1-3-17-8-19-6-15(1)4-14(1)5-18-7-16(2)9-20(12-19)13-21(10-17)11-18/h14-21H. The molecule has 8 atom stereocenters. The van der Waals surface area contributed by atoms with Crippen molar-refractivity contribution in [3.63, 3.8) is 0 Å². The number of rotatable bonds is 0. The Hall–Kier alpha value is 1.26. The van der Waals surface area contributed by atoms with Crippen LogP contribution in [0.3, 0.4) is 0 Å². The van der Waals surface area contributed by atoms with Crippen LogP contribution in [0.5, 0.6) is 0 Å². The quantitative estimate of drug-likeness (QED) is 0.337. The SMILES string of the molecule is O1[SiH]2O[SiH]3O[SiH]4O[SiH]1O[SiH]1O[SiH](O2)OC2(O4)[SiH](O1)O[SiH]2O3. The van der Waals surface area contributed by atoms with Crippen molar-refractivity contribution in [2.75, 3.05) is 0 Å². The van der Waals surface area contributed by atoms with Gasteiger partial charge in [-0.25, -0.2) is 0 Å². The first-order valence-corrected chi connectivity index (χ1v) is 17.7. The molecule has 21 heavy (non-hydrogen) atoms. The molecule has 6 bridgehead atoms. The van der Waals surface area contributed by atoms with Crippen molar-refractivity contribution in [3.05, 3.63) is 0 Å². The van der Waals surface area contributed by atoms with E-state index in [1.165, 1.54) is 0 Å². The van der Waals surface area contributed by atoms with E-state index in [9.17, 15) is 0 Å². The number of hydrogen-bond acceptors (Lipinski definition) is 12. The summed E-state index contributed by atoms with van der Waals surface area (Å²) in [6, 6.07) is 0. The van der Waals surface area contributed by atoms with Crippen LogP contribution < -0.4 is 0 Å². The predicted molar refractivity (Wildman–Crippen MR) is 72.9 cm³/mol. The largest absolute Gasteiger partial charge is 0.471 e. The molecule has 0 aromatic carbocycles. The maximum atomic E-state index is 6.04. The summed E-state index contributed by atoms with van der Waals surface area (Å²) in [5, 5.41) is -0.992. The molecule has 1 spiro atoms. The first kappa shape index (κ1) is 13.5. The van der Waals surface area contributed by atoms with Crippen molar-refractivity contribution >= 4 is 75.7 Å². The lowest BCUT2D eigenvalue weighted by Crippen LogP contribution is -2.77. The van der Waals surface area contributed by atoms with E-state index in [1.807, 2.05) is 0 Å². The maximum Gasteiger partial charge on any atom is 0.471 e. The van der Waals surface area contributed by atoms with Crippen LogP contribution in [0.25, 0.3) is 0 Å². The van der Waals surface area contributed by atoms with Crippen LogP contribution in [-0.2, 0) is 50.0 Å². The highest BCUT2D eigenvalue weighted by atomic mass is 28.6. The van der Waals surface area contributed by atoms with Gasteiger partial charge >= 0.3 is 75.7 Å². The van der Waals surface area contributed by atoms with E-state index < -0.39 is 80.8 Å². The van der Waals surface area contributed by atoms with Crippen LogP contribution in [0, 0.1) is 0 Å². The second kappa shape index (κ2) is 4.66. The summed E-state index contributed by atoms with van der Waals surface area (Å²) in [6.45, 7) is 0. The fraction of sp³-hybridized carbons (Fsp3) is 1.00. The van der Waals surface area contributed by atoms with Gasteiger partial charge in [-0.1, -0.05) is 0 Å². The monoisotopic (exact) mass is 436 g/mol. The van der Waals surface area contributed by atoms with Gasteiger partial charge in [-0.15, -0.1) is 0 Å². The summed E-state index contributed by atoms with van der Waals surface area (Å²) in [5.74, 6) is 0. The molecule has 8 unspecified atom stereocenters. The van der Waals surface area contributed by atoms with Gasteiger partial charge in [0.15, 0.2) is 0 Å². The van der Waals surface area contributed by atoms with Crippen LogP contribution >= 0.6 is 0 Å². The molecule has 0 amide bonds. The predicted octanol–water partition coefficient (Wildman–Crippen LogP) is -6.21. The Morgan fingerprint density at radius 3 is 1.24 bits per heavy atom. The van der Waals surface area contributed by atoms with E-state index in [0.717, 1.165) is 0 Å². The van der Waals surface area contributed by atoms with Gasteiger partial charge in [0, 0.05) is 0 Å². The van der Waals surface area contributed by atoms with E-state index >= 15 is 0 Å². The minimum Gasteiger partial charge on any atom is -0.414 e. The molecule has 5 rings (SSSR count). The molecule has 5 saturated heterocycles. The normalized spacial score (nSPS) is 64.0. The van der Waals surface area contributed by atoms with Gasteiger partial charge in [-0.2, -0.15) is 0 Å². The van der Waals surface area contributed by atoms with Crippen LogP contribution in [0.1, 0.15) is 0 Å². The molecule has 0 saturated carbocycles. The van der Waals surface area contributed by atoms with Gasteiger partial charge in [0.2, 0.25) is 5.03 Å². The Kier molecular flexibility index (Phi) is 3.00. The zero-order valence-electron chi connectivity index (χ0n) is 10.0. The van der Waals surface area contributed by atoms with Crippen molar-refractivity contribution in [3.8, 4) is 0 Å². The van der Waals surface area contributed by atoms with Gasteiger partial charge < -0.3 is 50.0 Å². The smallest absolute Gasteiger partial charge is 0.414 e. The number of hydrogen-bond donors (Lipinski definition) is 0. The van der Waals surface area contributed by atoms with Crippen LogP contribution in [0.2, 0.25) is 0 Å². The van der Waals surface area contributed by atoms with Crippen molar-refractivity contribution in [1.82, 2.24) is 0 Å². The summed E-state index contributed by atoms with van der Waals surface area (Å²) in [7, 11) is -19.7. The first-order chi connectivity index (χ1) is 10.3. The molecule has 0 radical (unpaired) electrons. The fourth-order valence-corrected chi connectivity index (χ4v) is 33.1. The lowest BCUT2D eigenvalue weighted by molar-refractivity contribution is -0.0835. The highest BCUT2D eigenvalue weighted by molar-refractivity contribution is 6.91. The van der Waals surface area contributed by atoms with Gasteiger partial charge in [0.25, 0.3) is 0 Å².